The Kier molecular flexibility index (Phi) is 6.67. The lowest BCUT2D eigenvalue weighted by atomic mass is 10.1. The van der Waals surface area contributed by atoms with E-state index in [0.717, 1.165) is 37.6 Å². The molecule has 0 spiro atoms. The number of benzene rings is 2. The van der Waals surface area contributed by atoms with Gasteiger partial charge in [-0.1, -0.05) is 30.3 Å². The first-order valence-electron chi connectivity index (χ1n) is 10.4. The minimum atomic E-state index is -0.862. The summed E-state index contributed by atoms with van der Waals surface area (Å²) >= 11 is 2.91. The van der Waals surface area contributed by atoms with E-state index in [-0.39, 0.29) is 12.3 Å². The number of carbonyl (C=O) groups is 2. The number of fused-ring (bicyclic) bond motifs is 1. The predicted octanol–water partition coefficient (Wildman–Crippen LogP) is 6.46. The Morgan fingerprint density at radius 1 is 1.03 bits per heavy atom. The van der Waals surface area contributed by atoms with Crippen molar-refractivity contribution in [3.63, 3.8) is 0 Å². The average molecular weight is 478 g/mol. The number of carbonyl (C=O) groups excluding carboxylic acids is 1. The molecular weight excluding hydrogens is 454 g/mol. The highest BCUT2D eigenvalue weighted by Crippen LogP contribution is 2.35. The maximum atomic E-state index is 12.6. The Balaban J connectivity index is 1.74. The van der Waals surface area contributed by atoms with Gasteiger partial charge in [0.1, 0.15) is 5.01 Å². The zero-order chi connectivity index (χ0) is 23.5. The maximum absolute atomic E-state index is 12.6. The quantitative estimate of drug-likeness (QED) is 0.330. The molecule has 0 aliphatic carbocycles. The van der Waals surface area contributed by atoms with Crippen LogP contribution in [-0.4, -0.2) is 27.0 Å². The summed E-state index contributed by atoms with van der Waals surface area (Å²) in [7, 11) is 0. The van der Waals surface area contributed by atoms with Crippen LogP contribution in [0.1, 0.15) is 41.6 Å². The fourth-order valence-electron chi connectivity index (χ4n) is 3.66. The number of hydrogen-bond donors (Lipinski definition) is 1. The zero-order valence-electron chi connectivity index (χ0n) is 18.5. The minimum absolute atomic E-state index is 0.000723. The van der Waals surface area contributed by atoms with Gasteiger partial charge < -0.3 is 5.11 Å². The van der Waals surface area contributed by atoms with Crippen molar-refractivity contribution >= 4 is 67.2 Å². The summed E-state index contributed by atoms with van der Waals surface area (Å²) in [6.07, 6.45) is 2.22. The molecular formula is C25H23N3O3S2. The molecule has 0 bridgehead atoms. The summed E-state index contributed by atoms with van der Waals surface area (Å²) in [5.41, 5.74) is 5.20. The lowest BCUT2D eigenvalue weighted by Gasteiger charge is -2.22. The van der Waals surface area contributed by atoms with Crippen LogP contribution in [0.15, 0.2) is 47.8 Å². The molecule has 0 unspecified atom stereocenters. The summed E-state index contributed by atoms with van der Waals surface area (Å²) in [4.78, 5) is 34.9. The van der Waals surface area contributed by atoms with Gasteiger partial charge in [-0.15, -0.1) is 22.7 Å². The fraction of sp³-hybridized carbons (Fsp3) is 0.200. The average Bonchev–Trinajstić information content (AvgIpc) is 3.40. The molecule has 0 aliphatic heterocycles. The maximum Gasteiger partial charge on any atom is 0.303 e. The number of thiazole rings is 2. The Hall–Kier alpha value is -3.36. The van der Waals surface area contributed by atoms with E-state index in [4.69, 9.17) is 9.97 Å². The third kappa shape index (κ3) is 5.02. The number of anilines is 2. The number of amides is 1. The first-order chi connectivity index (χ1) is 15.8. The van der Waals surface area contributed by atoms with Crippen LogP contribution in [0.25, 0.3) is 21.9 Å². The number of hydrogen-bond acceptors (Lipinski definition) is 6. The molecule has 2 aromatic heterocycles. The van der Waals surface area contributed by atoms with Crippen LogP contribution < -0.4 is 4.90 Å². The number of aryl methyl sites for hydroxylation is 2. The van der Waals surface area contributed by atoms with Crippen LogP contribution >= 0.6 is 22.7 Å². The van der Waals surface area contributed by atoms with Crippen molar-refractivity contribution in [3.05, 3.63) is 69.7 Å². The van der Waals surface area contributed by atoms with Crippen molar-refractivity contribution in [2.24, 2.45) is 0 Å². The van der Waals surface area contributed by atoms with Gasteiger partial charge >= 0.3 is 5.97 Å². The number of allylic oxidation sites excluding steroid dienone is 1. The molecule has 8 heteroatoms. The number of carboxylic acids is 1. The molecule has 4 aromatic rings. The van der Waals surface area contributed by atoms with Crippen molar-refractivity contribution in [3.8, 4) is 0 Å². The number of aliphatic carboxylic acids is 1. The molecule has 0 saturated heterocycles. The summed E-state index contributed by atoms with van der Waals surface area (Å²) < 4.78 is 1.05. The van der Waals surface area contributed by atoms with Crippen molar-refractivity contribution < 1.29 is 14.7 Å². The predicted molar refractivity (Wildman–Crippen MR) is 135 cm³/mol. The van der Waals surface area contributed by atoms with E-state index in [1.807, 2.05) is 67.8 Å². The van der Waals surface area contributed by atoms with Crippen LogP contribution in [0.4, 0.5) is 10.8 Å². The van der Waals surface area contributed by atoms with E-state index in [1.165, 1.54) is 29.6 Å². The zero-order valence-corrected chi connectivity index (χ0v) is 20.2. The highest BCUT2D eigenvalue weighted by Gasteiger charge is 2.21. The molecule has 168 valence electrons. The van der Waals surface area contributed by atoms with Gasteiger partial charge in [-0.3, -0.25) is 14.5 Å². The van der Waals surface area contributed by atoms with E-state index in [0.29, 0.717) is 17.2 Å². The number of carboxylic acid groups (broad SMARTS) is 1. The van der Waals surface area contributed by atoms with E-state index in [2.05, 4.69) is 0 Å². The molecule has 0 radical (unpaired) electrons. The molecule has 2 aromatic carbocycles. The SMILES string of the molecule is CC(=O)N(c1nc(C=C(CCC(=O)O)c2nc3ccccc3s2)cs1)c1c(C)cccc1C. The van der Waals surface area contributed by atoms with E-state index in [1.54, 1.807) is 4.90 Å². The number of para-hydroxylation sites is 2. The van der Waals surface area contributed by atoms with Crippen molar-refractivity contribution in [2.45, 2.75) is 33.6 Å². The lowest BCUT2D eigenvalue weighted by Crippen LogP contribution is -2.24. The van der Waals surface area contributed by atoms with Gasteiger partial charge in [0.2, 0.25) is 5.91 Å². The standard InChI is InChI=1S/C25H23N3O3S2/c1-15-7-6-8-16(2)23(15)28(17(3)29)25-26-19(14-32-25)13-18(11-12-22(30)31)24-27-20-9-4-5-10-21(20)33-24/h4-10,13-14H,11-12H2,1-3H3,(H,30,31). The lowest BCUT2D eigenvalue weighted by molar-refractivity contribution is -0.136. The Bertz CT molecular complexity index is 1320. The molecule has 0 fully saturated rings. The largest absolute Gasteiger partial charge is 0.481 e. The molecule has 33 heavy (non-hydrogen) atoms. The normalized spacial score (nSPS) is 11.7. The van der Waals surface area contributed by atoms with Gasteiger partial charge in [0.15, 0.2) is 5.13 Å². The third-order valence-corrected chi connectivity index (χ3v) is 7.13. The second kappa shape index (κ2) is 9.64. The highest BCUT2D eigenvalue weighted by atomic mass is 32.1. The smallest absolute Gasteiger partial charge is 0.303 e. The number of aromatic nitrogens is 2. The fourth-order valence-corrected chi connectivity index (χ4v) is 5.50. The molecule has 0 atom stereocenters. The van der Waals surface area contributed by atoms with E-state index >= 15 is 0 Å². The molecule has 4 rings (SSSR count). The summed E-state index contributed by atoms with van der Waals surface area (Å²) in [6, 6.07) is 13.8. The molecule has 1 N–H and O–H groups in total. The molecule has 0 aliphatic rings. The first kappa shape index (κ1) is 22.8. The summed E-state index contributed by atoms with van der Waals surface area (Å²) in [5, 5.41) is 12.5. The van der Waals surface area contributed by atoms with Gasteiger partial charge in [0.05, 0.1) is 21.6 Å². The Morgan fingerprint density at radius 3 is 2.42 bits per heavy atom. The van der Waals surface area contributed by atoms with Crippen LogP contribution in [-0.2, 0) is 9.59 Å². The summed E-state index contributed by atoms with van der Waals surface area (Å²) in [6.45, 7) is 5.48. The van der Waals surface area contributed by atoms with E-state index in [9.17, 15) is 14.7 Å². The summed E-state index contributed by atoms with van der Waals surface area (Å²) in [5.74, 6) is -0.978. The highest BCUT2D eigenvalue weighted by molar-refractivity contribution is 7.19. The Morgan fingerprint density at radius 2 is 1.76 bits per heavy atom. The van der Waals surface area contributed by atoms with Crippen LogP contribution in [0, 0.1) is 13.8 Å². The third-order valence-electron chi connectivity index (χ3n) is 5.18. The molecule has 6 nitrogen and oxygen atoms in total. The van der Waals surface area contributed by atoms with E-state index < -0.39 is 5.97 Å². The van der Waals surface area contributed by atoms with Gasteiger partial charge in [0.25, 0.3) is 0 Å². The molecule has 2 heterocycles. The van der Waals surface area contributed by atoms with Crippen molar-refractivity contribution in [1.29, 1.82) is 0 Å². The number of nitrogens with zero attached hydrogens (tertiary/aromatic N) is 3. The monoisotopic (exact) mass is 477 g/mol. The van der Waals surface area contributed by atoms with Crippen LogP contribution in [0.2, 0.25) is 0 Å². The van der Waals surface area contributed by atoms with Crippen LogP contribution in [0.3, 0.4) is 0 Å². The first-order valence-corrected chi connectivity index (χ1v) is 12.1. The van der Waals surface area contributed by atoms with Gasteiger partial charge in [-0.25, -0.2) is 9.97 Å². The second-order valence-corrected chi connectivity index (χ2v) is 9.57. The van der Waals surface area contributed by atoms with Gasteiger partial charge in [-0.2, -0.15) is 0 Å². The second-order valence-electron chi connectivity index (χ2n) is 7.70. The molecule has 0 saturated carbocycles. The Labute approximate surface area is 199 Å². The van der Waals surface area contributed by atoms with Gasteiger partial charge in [0, 0.05) is 18.7 Å². The number of rotatable bonds is 7. The van der Waals surface area contributed by atoms with Crippen molar-refractivity contribution in [1.82, 2.24) is 9.97 Å². The van der Waals surface area contributed by atoms with Crippen LogP contribution in [0.5, 0.6) is 0 Å². The molecule has 1 amide bonds. The minimum Gasteiger partial charge on any atom is -0.481 e. The van der Waals surface area contributed by atoms with Crippen molar-refractivity contribution in [2.75, 3.05) is 4.90 Å². The topological polar surface area (TPSA) is 83.4 Å². The van der Waals surface area contributed by atoms with Gasteiger partial charge in [-0.05, 0) is 55.2 Å².